The first kappa shape index (κ1) is 19.7. The van der Waals surface area contributed by atoms with Gasteiger partial charge in [0.2, 0.25) is 5.91 Å². The molecule has 0 aromatic heterocycles. The van der Waals surface area contributed by atoms with Crippen LogP contribution < -0.4 is 16.0 Å². The highest BCUT2D eigenvalue weighted by atomic mass is 35.5. The first-order chi connectivity index (χ1) is 11.6. The number of carbonyl (C=O) groups is 2. The lowest BCUT2D eigenvalue weighted by molar-refractivity contribution is -0.133. The van der Waals surface area contributed by atoms with Crippen LogP contribution in [0.5, 0.6) is 0 Å². The first-order valence-corrected chi connectivity index (χ1v) is 8.96. The molecule has 5 nitrogen and oxygen atoms in total. The number of amides is 2. The number of nitrogens with one attached hydrogen (secondary N) is 3. The van der Waals surface area contributed by atoms with E-state index in [4.69, 9.17) is 0 Å². The second-order valence-corrected chi connectivity index (χ2v) is 7.11. The number of aryl methyl sites for hydroxylation is 1. The third-order valence-corrected chi connectivity index (χ3v) is 5.50. The second-order valence-electron chi connectivity index (χ2n) is 7.11. The van der Waals surface area contributed by atoms with Crippen molar-refractivity contribution in [3.8, 4) is 0 Å². The van der Waals surface area contributed by atoms with Crippen LogP contribution in [0.1, 0.15) is 41.6 Å². The molecular weight excluding hydrogens is 338 g/mol. The van der Waals surface area contributed by atoms with Gasteiger partial charge in [-0.2, -0.15) is 0 Å². The molecule has 2 amide bonds. The topological polar surface area (TPSA) is 70.2 Å². The lowest BCUT2D eigenvalue weighted by atomic mass is 9.67. The Hall–Kier alpha value is -1.59. The number of fused-ring (bicyclic) bond motifs is 1. The lowest BCUT2D eigenvalue weighted by Crippen LogP contribution is -2.49. The molecule has 6 heteroatoms. The first-order valence-electron chi connectivity index (χ1n) is 8.96. The Bertz CT molecular complexity index is 605. The SMILES string of the molecule is Cc1ccc(C(=O)NCCNC(=O)[C@@]23CCCC[C@H]2CNC3)cc1.Cl. The smallest absolute Gasteiger partial charge is 0.251 e. The standard InChI is InChI=1S/C19H27N3O2.ClH/c1-14-5-7-15(8-6-14)17(23)21-10-11-22-18(24)19-9-3-2-4-16(19)12-20-13-19;/h5-8,16,20H,2-4,9-13H2,1H3,(H,21,23)(H,22,24);1H/t16-,19+;/m0./s1. The zero-order valence-electron chi connectivity index (χ0n) is 14.8. The Balaban J connectivity index is 0.00000225. The van der Waals surface area contributed by atoms with Crippen molar-refractivity contribution in [2.75, 3.05) is 26.2 Å². The average molecular weight is 366 g/mol. The minimum atomic E-state index is -0.223. The molecule has 1 saturated heterocycles. The van der Waals surface area contributed by atoms with Crippen molar-refractivity contribution in [1.29, 1.82) is 0 Å². The fourth-order valence-electron chi connectivity index (χ4n) is 4.03. The van der Waals surface area contributed by atoms with Crippen molar-refractivity contribution in [3.63, 3.8) is 0 Å². The maximum Gasteiger partial charge on any atom is 0.251 e. The molecule has 0 bridgehead atoms. The van der Waals surface area contributed by atoms with Crippen LogP contribution in [0.15, 0.2) is 24.3 Å². The van der Waals surface area contributed by atoms with Crippen LogP contribution in [0.25, 0.3) is 0 Å². The molecule has 1 heterocycles. The minimum Gasteiger partial charge on any atom is -0.354 e. The summed E-state index contributed by atoms with van der Waals surface area (Å²) < 4.78 is 0. The Morgan fingerprint density at radius 3 is 2.64 bits per heavy atom. The molecule has 138 valence electrons. The highest BCUT2D eigenvalue weighted by molar-refractivity contribution is 5.94. The fourth-order valence-corrected chi connectivity index (χ4v) is 4.03. The predicted molar refractivity (Wildman–Crippen MR) is 101 cm³/mol. The van der Waals surface area contributed by atoms with Gasteiger partial charge in [0.1, 0.15) is 0 Å². The molecule has 3 N–H and O–H groups in total. The maximum atomic E-state index is 12.7. The number of hydrogen-bond acceptors (Lipinski definition) is 3. The summed E-state index contributed by atoms with van der Waals surface area (Å²) in [6.45, 7) is 4.67. The van der Waals surface area contributed by atoms with Gasteiger partial charge in [-0.15, -0.1) is 12.4 Å². The van der Waals surface area contributed by atoms with Crippen LogP contribution in [-0.2, 0) is 4.79 Å². The van der Waals surface area contributed by atoms with E-state index >= 15 is 0 Å². The van der Waals surface area contributed by atoms with Gasteiger partial charge < -0.3 is 16.0 Å². The third-order valence-electron chi connectivity index (χ3n) is 5.50. The van der Waals surface area contributed by atoms with E-state index in [1.54, 1.807) is 0 Å². The van der Waals surface area contributed by atoms with E-state index in [9.17, 15) is 9.59 Å². The van der Waals surface area contributed by atoms with Crippen molar-refractivity contribution < 1.29 is 9.59 Å². The van der Waals surface area contributed by atoms with Crippen molar-refractivity contribution >= 4 is 24.2 Å². The number of carbonyl (C=O) groups excluding carboxylic acids is 2. The summed E-state index contributed by atoms with van der Waals surface area (Å²) in [7, 11) is 0. The summed E-state index contributed by atoms with van der Waals surface area (Å²) in [5.74, 6) is 0.524. The number of hydrogen-bond donors (Lipinski definition) is 3. The van der Waals surface area contributed by atoms with Crippen molar-refractivity contribution in [2.45, 2.75) is 32.6 Å². The lowest BCUT2D eigenvalue weighted by Gasteiger charge is -2.37. The summed E-state index contributed by atoms with van der Waals surface area (Å²) in [5, 5.41) is 9.29. The summed E-state index contributed by atoms with van der Waals surface area (Å²) in [4.78, 5) is 24.7. The van der Waals surface area contributed by atoms with Gasteiger partial charge >= 0.3 is 0 Å². The molecule has 1 aliphatic heterocycles. The third kappa shape index (κ3) is 4.33. The van der Waals surface area contributed by atoms with E-state index in [2.05, 4.69) is 16.0 Å². The number of benzene rings is 1. The average Bonchev–Trinajstić information content (AvgIpc) is 3.04. The second kappa shape index (κ2) is 8.68. The number of halogens is 1. The zero-order chi connectivity index (χ0) is 17.0. The summed E-state index contributed by atoms with van der Waals surface area (Å²) in [6.07, 6.45) is 4.49. The van der Waals surface area contributed by atoms with Crippen LogP contribution >= 0.6 is 12.4 Å². The molecule has 0 radical (unpaired) electrons. The van der Waals surface area contributed by atoms with Gasteiger partial charge in [-0.05, 0) is 44.4 Å². The van der Waals surface area contributed by atoms with E-state index in [1.165, 1.54) is 6.42 Å². The van der Waals surface area contributed by atoms with Crippen LogP contribution in [0.4, 0.5) is 0 Å². The summed E-state index contributed by atoms with van der Waals surface area (Å²) in [5.41, 5.74) is 1.56. The molecular formula is C19H28ClN3O2. The molecule has 3 rings (SSSR count). The highest BCUT2D eigenvalue weighted by Crippen LogP contribution is 2.43. The van der Waals surface area contributed by atoms with Crippen LogP contribution in [-0.4, -0.2) is 38.0 Å². The molecule has 0 unspecified atom stereocenters. The molecule has 2 atom stereocenters. The van der Waals surface area contributed by atoms with Gasteiger partial charge in [0.15, 0.2) is 0 Å². The molecule has 1 aromatic carbocycles. The van der Waals surface area contributed by atoms with Crippen molar-refractivity contribution in [2.24, 2.45) is 11.3 Å². The van der Waals surface area contributed by atoms with Gasteiger partial charge in [-0.1, -0.05) is 30.5 Å². The van der Waals surface area contributed by atoms with E-state index in [0.717, 1.165) is 37.9 Å². The van der Waals surface area contributed by atoms with E-state index < -0.39 is 0 Å². The molecule has 2 aliphatic rings. The van der Waals surface area contributed by atoms with Crippen molar-refractivity contribution in [1.82, 2.24) is 16.0 Å². The van der Waals surface area contributed by atoms with E-state index in [-0.39, 0.29) is 29.6 Å². The summed E-state index contributed by atoms with van der Waals surface area (Å²) in [6, 6.07) is 7.48. The molecule has 1 aliphatic carbocycles. The van der Waals surface area contributed by atoms with Crippen LogP contribution in [0, 0.1) is 18.3 Å². The normalized spacial score (nSPS) is 24.8. The van der Waals surface area contributed by atoms with E-state index in [1.807, 2.05) is 31.2 Å². The summed E-state index contributed by atoms with van der Waals surface area (Å²) >= 11 is 0. The monoisotopic (exact) mass is 365 g/mol. The minimum absolute atomic E-state index is 0. The van der Waals surface area contributed by atoms with Gasteiger partial charge in [0, 0.05) is 25.2 Å². The number of rotatable bonds is 5. The quantitative estimate of drug-likeness (QED) is 0.699. The van der Waals surface area contributed by atoms with Gasteiger partial charge in [-0.25, -0.2) is 0 Å². The Morgan fingerprint density at radius 2 is 1.88 bits per heavy atom. The Morgan fingerprint density at radius 1 is 1.16 bits per heavy atom. The van der Waals surface area contributed by atoms with Gasteiger partial charge in [0.05, 0.1) is 5.41 Å². The highest BCUT2D eigenvalue weighted by Gasteiger charge is 2.49. The maximum absolute atomic E-state index is 12.7. The molecule has 25 heavy (non-hydrogen) atoms. The van der Waals surface area contributed by atoms with Crippen LogP contribution in [0.2, 0.25) is 0 Å². The predicted octanol–water partition coefficient (Wildman–Crippen LogP) is 2.04. The Kier molecular flexibility index (Phi) is 6.85. The largest absolute Gasteiger partial charge is 0.354 e. The molecule has 2 fully saturated rings. The Labute approximate surface area is 155 Å². The van der Waals surface area contributed by atoms with Crippen LogP contribution in [0.3, 0.4) is 0 Å². The molecule has 0 spiro atoms. The van der Waals surface area contributed by atoms with Gasteiger partial charge in [-0.3, -0.25) is 9.59 Å². The zero-order valence-corrected chi connectivity index (χ0v) is 15.6. The van der Waals surface area contributed by atoms with Crippen molar-refractivity contribution in [3.05, 3.63) is 35.4 Å². The van der Waals surface area contributed by atoms with E-state index in [0.29, 0.717) is 24.6 Å². The van der Waals surface area contributed by atoms with Gasteiger partial charge in [0.25, 0.3) is 5.91 Å². The molecule has 1 saturated carbocycles. The fraction of sp³-hybridized carbons (Fsp3) is 0.579. The molecule has 1 aromatic rings.